The second kappa shape index (κ2) is 8.25. The van der Waals surface area contributed by atoms with Gasteiger partial charge in [0.15, 0.2) is 0 Å². The highest BCUT2D eigenvalue weighted by Crippen LogP contribution is 2.25. The first-order valence-corrected chi connectivity index (χ1v) is 9.01. The number of amides is 1. The highest BCUT2D eigenvalue weighted by Gasteiger charge is 2.17. The Morgan fingerprint density at radius 2 is 1.92 bits per heavy atom. The largest absolute Gasteiger partial charge is 0.375 e. The minimum Gasteiger partial charge on any atom is -0.375 e. The molecule has 0 aliphatic carbocycles. The average Bonchev–Trinajstić information content (AvgIpc) is 3.14. The van der Waals surface area contributed by atoms with Crippen LogP contribution in [0, 0.1) is 0 Å². The van der Waals surface area contributed by atoms with Crippen molar-refractivity contribution in [3.05, 3.63) is 76.3 Å². The third kappa shape index (κ3) is 4.25. The number of ether oxygens (including phenoxy) is 1. The first-order valence-electron chi connectivity index (χ1n) is 7.75. The molecule has 1 atom stereocenters. The van der Waals surface area contributed by atoms with Crippen molar-refractivity contribution in [3.63, 3.8) is 0 Å². The first-order chi connectivity index (χ1) is 12.2. The number of nitrogens with one attached hydrogen (secondary N) is 1. The highest BCUT2D eigenvalue weighted by molar-refractivity contribution is 7.13. The number of methoxy groups -OCH3 is 1. The molecule has 0 saturated heterocycles. The standard InChI is InChI=1S/C19H17ClN2O2S/c1-24-17(14-9-5-6-10-15(14)20)11-21-18(23)16-12-25-19(22-16)13-7-3-2-4-8-13/h2-10,12,17H,11H2,1H3,(H,21,23)/t17-/m0/s1. The van der Waals surface area contributed by atoms with E-state index in [4.69, 9.17) is 16.3 Å². The monoisotopic (exact) mass is 372 g/mol. The van der Waals surface area contributed by atoms with E-state index >= 15 is 0 Å². The lowest BCUT2D eigenvalue weighted by molar-refractivity contribution is 0.0825. The van der Waals surface area contributed by atoms with E-state index in [1.165, 1.54) is 11.3 Å². The zero-order chi connectivity index (χ0) is 17.6. The normalized spacial score (nSPS) is 11.9. The maximum absolute atomic E-state index is 12.4. The number of nitrogens with zero attached hydrogens (tertiary/aromatic N) is 1. The third-order valence-electron chi connectivity index (χ3n) is 3.74. The van der Waals surface area contributed by atoms with Crippen LogP contribution in [0.5, 0.6) is 0 Å². The minimum atomic E-state index is -0.315. The van der Waals surface area contributed by atoms with E-state index in [1.54, 1.807) is 18.6 Å². The second-order valence-electron chi connectivity index (χ2n) is 5.36. The van der Waals surface area contributed by atoms with Crippen LogP contribution in [-0.2, 0) is 4.74 Å². The van der Waals surface area contributed by atoms with Gasteiger partial charge < -0.3 is 10.1 Å². The van der Waals surface area contributed by atoms with Gasteiger partial charge in [-0.15, -0.1) is 11.3 Å². The van der Waals surface area contributed by atoms with Gasteiger partial charge in [-0.25, -0.2) is 4.98 Å². The summed E-state index contributed by atoms with van der Waals surface area (Å²) in [4.78, 5) is 16.8. The fourth-order valence-corrected chi connectivity index (χ4v) is 3.49. The Morgan fingerprint density at radius 3 is 2.64 bits per heavy atom. The Balaban J connectivity index is 1.66. The fraction of sp³-hybridized carbons (Fsp3) is 0.158. The molecule has 128 valence electrons. The number of hydrogen-bond acceptors (Lipinski definition) is 4. The van der Waals surface area contributed by atoms with Crippen molar-refractivity contribution in [1.29, 1.82) is 0 Å². The Kier molecular flexibility index (Phi) is 5.81. The molecule has 1 amide bonds. The topological polar surface area (TPSA) is 51.2 Å². The Morgan fingerprint density at radius 1 is 1.20 bits per heavy atom. The molecule has 3 rings (SSSR count). The van der Waals surface area contributed by atoms with Crippen LogP contribution < -0.4 is 5.32 Å². The van der Waals surface area contributed by atoms with Crippen LogP contribution in [0.1, 0.15) is 22.2 Å². The first kappa shape index (κ1) is 17.6. The molecular weight excluding hydrogens is 356 g/mol. The summed E-state index contributed by atoms with van der Waals surface area (Å²) < 4.78 is 5.46. The number of carbonyl (C=O) groups is 1. The van der Waals surface area contributed by atoms with E-state index in [1.807, 2.05) is 48.5 Å². The van der Waals surface area contributed by atoms with E-state index in [2.05, 4.69) is 10.3 Å². The lowest BCUT2D eigenvalue weighted by atomic mass is 10.1. The van der Waals surface area contributed by atoms with Gasteiger partial charge in [-0.05, 0) is 6.07 Å². The molecular formula is C19H17ClN2O2S. The molecule has 0 unspecified atom stereocenters. The smallest absolute Gasteiger partial charge is 0.270 e. The molecule has 3 aromatic rings. The summed E-state index contributed by atoms with van der Waals surface area (Å²) >= 11 is 7.64. The molecule has 0 radical (unpaired) electrons. The maximum Gasteiger partial charge on any atom is 0.270 e. The molecule has 0 aliphatic heterocycles. The number of thiazole rings is 1. The molecule has 0 saturated carbocycles. The van der Waals surface area contributed by atoms with Crippen molar-refractivity contribution in [2.75, 3.05) is 13.7 Å². The van der Waals surface area contributed by atoms with Crippen molar-refractivity contribution in [3.8, 4) is 10.6 Å². The molecule has 0 spiro atoms. The summed E-state index contributed by atoms with van der Waals surface area (Å²) in [5, 5.41) is 6.05. The molecule has 1 N–H and O–H groups in total. The number of aromatic nitrogens is 1. The lowest BCUT2D eigenvalue weighted by Crippen LogP contribution is -2.29. The Bertz CT molecular complexity index is 851. The van der Waals surface area contributed by atoms with Gasteiger partial charge in [-0.2, -0.15) is 0 Å². The summed E-state index contributed by atoms with van der Waals surface area (Å²) in [7, 11) is 1.59. The summed E-state index contributed by atoms with van der Waals surface area (Å²) in [5.41, 5.74) is 2.24. The van der Waals surface area contributed by atoms with Crippen molar-refractivity contribution in [2.45, 2.75) is 6.10 Å². The van der Waals surface area contributed by atoms with Crippen LogP contribution in [0.2, 0.25) is 5.02 Å². The predicted octanol–water partition coefficient (Wildman–Crippen LogP) is 4.58. The van der Waals surface area contributed by atoms with Gasteiger partial charge in [0.1, 0.15) is 16.8 Å². The Labute approximate surface area is 155 Å². The van der Waals surface area contributed by atoms with Crippen LogP contribution >= 0.6 is 22.9 Å². The molecule has 0 fully saturated rings. The lowest BCUT2D eigenvalue weighted by Gasteiger charge is -2.17. The molecule has 1 heterocycles. The van der Waals surface area contributed by atoms with Crippen molar-refractivity contribution >= 4 is 28.8 Å². The van der Waals surface area contributed by atoms with E-state index in [0.717, 1.165) is 16.1 Å². The van der Waals surface area contributed by atoms with E-state index in [9.17, 15) is 4.79 Å². The van der Waals surface area contributed by atoms with Gasteiger partial charge >= 0.3 is 0 Å². The molecule has 0 bridgehead atoms. The van der Waals surface area contributed by atoms with E-state index in [-0.39, 0.29) is 12.0 Å². The van der Waals surface area contributed by atoms with Gasteiger partial charge in [0.2, 0.25) is 0 Å². The highest BCUT2D eigenvalue weighted by atomic mass is 35.5. The van der Waals surface area contributed by atoms with E-state index in [0.29, 0.717) is 17.3 Å². The molecule has 0 aliphatic rings. The summed E-state index contributed by atoms with van der Waals surface area (Å²) in [6.07, 6.45) is -0.315. The molecule has 2 aromatic carbocycles. The van der Waals surface area contributed by atoms with Crippen molar-refractivity contribution in [1.82, 2.24) is 10.3 Å². The number of hydrogen-bond donors (Lipinski definition) is 1. The van der Waals surface area contributed by atoms with Crippen LogP contribution in [0.25, 0.3) is 10.6 Å². The van der Waals surface area contributed by atoms with Gasteiger partial charge in [-0.3, -0.25) is 4.79 Å². The molecule has 4 nitrogen and oxygen atoms in total. The third-order valence-corrected chi connectivity index (χ3v) is 4.98. The van der Waals surface area contributed by atoms with Crippen LogP contribution in [0.4, 0.5) is 0 Å². The Hall–Kier alpha value is -2.21. The van der Waals surface area contributed by atoms with Crippen molar-refractivity contribution < 1.29 is 9.53 Å². The van der Waals surface area contributed by atoms with Gasteiger partial charge in [0.05, 0.1) is 0 Å². The van der Waals surface area contributed by atoms with Crippen LogP contribution in [0.3, 0.4) is 0 Å². The zero-order valence-electron chi connectivity index (χ0n) is 13.6. The number of carbonyl (C=O) groups excluding carboxylic acids is 1. The SMILES string of the molecule is CO[C@@H](CNC(=O)c1csc(-c2ccccc2)n1)c1ccccc1Cl. The summed E-state index contributed by atoms with van der Waals surface area (Å²) in [5.74, 6) is -0.229. The molecule has 6 heteroatoms. The predicted molar refractivity (Wildman–Crippen MR) is 101 cm³/mol. The number of rotatable bonds is 6. The summed E-state index contributed by atoms with van der Waals surface area (Å²) in [6.45, 7) is 0.317. The maximum atomic E-state index is 12.4. The fourth-order valence-electron chi connectivity index (χ4n) is 2.42. The molecule has 25 heavy (non-hydrogen) atoms. The van der Waals surface area contributed by atoms with Crippen LogP contribution in [-0.4, -0.2) is 24.5 Å². The summed E-state index contributed by atoms with van der Waals surface area (Å²) in [6, 6.07) is 17.2. The van der Waals surface area contributed by atoms with Gasteiger partial charge in [-0.1, -0.05) is 60.1 Å². The average molecular weight is 373 g/mol. The van der Waals surface area contributed by atoms with Crippen molar-refractivity contribution in [2.24, 2.45) is 0 Å². The molecule has 1 aromatic heterocycles. The van der Waals surface area contributed by atoms with E-state index < -0.39 is 0 Å². The second-order valence-corrected chi connectivity index (χ2v) is 6.63. The van der Waals surface area contributed by atoms with Gasteiger partial charge in [0.25, 0.3) is 5.91 Å². The van der Waals surface area contributed by atoms with Gasteiger partial charge in [0, 0.05) is 35.2 Å². The minimum absolute atomic E-state index is 0.229. The van der Waals surface area contributed by atoms with Crippen LogP contribution in [0.15, 0.2) is 60.0 Å². The number of halogens is 1. The quantitative estimate of drug-likeness (QED) is 0.689. The zero-order valence-corrected chi connectivity index (χ0v) is 15.2. The number of benzene rings is 2.